The second kappa shape index (κ2) is 4.35. The van der Waals surface area contributed by atoms with Crippen LogP contribution >= 0.6 is 0 Å². The lowest BCUT2D eigenvalue weighted by Gasteiger charge is -2.38. The SMILES string of the molecule is CCC1(C)CCC(C(C)(C)CC(C)(C)C)C1. The molecule has 96 valence electrons. The van der Waals surface area contributed by atoms with E-state index in [4.69, 9.17) is 0 Å². The van der Waals surface area contributed by atoms with Gasteiger partial charge in [-0.3, -0.25) is 0 Å². The van der Waals surface area contributed by atoms with Crippen molar-refractivity contribution in [3.63, 3.8) is 0 Å². The van der Waals surface area contributed by atoms with Crippen LogP contribution in [0.2, 0.25) is 0 Å². The number of rotatable bonds is 3. The third-order valence-corrected chi connectivity index (χ3v) is 4.78. The van der Waals surface area contributed by atoms with Gasteiger partial charge in [-0.05, 0) is 47.8 Å². The fourth-order valence-corrected chi connectivity index (χ4v) is 3.82. The highest BCUT2D eigenvalue weighted by Crippen LogP contribution is 2.53. The van der Waals surface area contributed by atoms with E-state index in [9.17, 15) is 0 Å². The second-order valence-electron chi connectivity index (χ2n) is 8.33. The summed E-state index contributed by atoms with van der Waals surface area (Å²) >= 11 is 0. The molecule has 0 radical (unpaired) electrons. The molecule has 2 atom stereocenters. The Morgan fingerprint density at radius 1 is 1.12 bits per heavy atom. The van der Waals surface area contributed by atoms with Crippen LogP contribution in [-0.4, -0.2) is 0 Å². The van der Waals surface area contributed by atoms with Gasteiger partial charge in [-0.25, -0.2) is 0 Å². The van der Waals surface area contributed by atoms with Crippen molar-refractivity contribution < 1.29 is 0 Å². The number of hydrogen-bond acceptors (Lipinski definition) is 0. The molecule has 0 amide bonds. The maximum atomic E-state index is 2.49. The minimum Gasteiger partial charge on any atom is -0.0649 e. The van der Waals surface area contributed by atoms with Crippen molar-refractivity contribution >= 4 is 0 Å². The summed E-state index contributed by atoms with van der Waals surface area (Å²) in [6, 6.07) is 0. The zero-order chi connectivity index (χ0) is 12.6. The minimum absolute atomic E-state index is 0.467. The first-order chi connectivity index (χ1) is 7.08. The summed E-state index contributed by atoms with van der Waals surface area (Å²) in [7, 11) is 0. The summed E-state index contributed by atoms with van der Waals surface area (Å²) in [5, 5.41) is 0. The molecule has 0 aromatic rings. The van der Waals surface area contributed by atoms with E-state index >= 15 is 0 Å². The first-order valence-electron chi connectivity index (χ1n) is 7.08. The van der Waals surface area contributed by atoms with Crippen LogP contribution in [0.4, 0.5) is 0 Å². The van der Waals surface area contributed by atoms with E-state index in [1.165, 1.54) is 32.1 Å². The Hall–Kier alpha value is 0. The van der Waals surface area contributed by atoms with Gasteiger partial charge in [0, 0.05) is 0 Å². The van der Waals surface area contributed by atoms with Gasteiger partial charge in [-0.2, -0.15) is 0 Å². The van der Waals surface area contributed by atoms with E-state index in [1.807, 2.05) is 0 Å². The molecule has 1 aliphatic carbocycles. The Morgan fingerprint density at radius 3 is 2.06 bits per heavy atom. The number of hydrogen-bond donors (Lipinski definition) is 0. The molecule has 0 bridgehead atoms. The topological polar surface area (TPSA) is 0 Å². The third kappa shape index (κ3) is 3.50. The maximum Gasteiger partial charge on any atom is -0.0321 e. The molecule has 0 aromatic heterocycles. The standard InChI is InChI=1S/C16H32/c1-8-16(7)10-9-13(11-16)15(5,6)12-14(2,3)4/h13H,8-12H2,1-7H3. The van der Waals surface area contributed by atoms with Crippen LogP contribution < -0.4 is 0 Å². The molecular weight excluding hydrogens is 192 g/mol. The predicted octanol–water partition coefficient (Wildman–Crippen LogP) is 5.67. The van der Waals surface area contributed by atoms with E-state index < -0.39 is 0 Å². The molecule has 1 fully saturated rings. The van der Waals surface area contributed by atoms with Crippen LogP contribution in [0.3, 0.4) is 0 Å². The van der Waals surface area contributed by atoms with Gasteiger partial charge in [0.25, 0.3) is 0 Å². The Bertz CT molecular complexity index is 231. The van der Waals surface area contributed by atoms with E-state index in [-0.39, 0.29) is 0 Å². The molecule has 2 unspecified atom stereocenters. The summed E-state index contributed by atoms with van der Waals surface area (Å²) in [5.41, 5.74) is 1.62. The van der Waals surface area contributed by atoms with Crippen LogP contribution in [0.1, 0.15) is 80.6 Å². The monoisotopic (exact) mass is 224 g/mol. The first kappa shape index (κ1) is 14.1. The van der Waals surface area contributed by atoms with Gasteiger partial charge < -0.3 is 0 Å². The first-order valence-corrected chi connectivity index (χ1v) is 7.08. The third-order valence-electron chi connectivity index (χ3n) is 4.78. The quantitative estimate of drug-likeness (QED) is 0.580. The molecule has 1 saturated carbocycles. The highest BCUT2D eigenvalue weighted by Gasteiger charge is 2.42. The van der Waals surface area contributed by atoms with E-state index in [1.54, 1.807) is 0 Å². The Kier molecular flexibility index (Phi) is 3.82. The molecule has 0 saturated heterocycles. The average Bonchev–Trinajstić information content (AvgIpc) is 2.45. The van der Waals surface area contributed by atoms with Gasteiger partial charge >= 0.3 is 0 Å². The van der Waals surface area contributed by atoms with Gasteiger partial charge in [0.15, 0.2) is 0 Å². The Morgan fingerprint density at radius 2 is 1.69 bits per heavy atom. The molecular formula is C16H32. The zero-order valence-electron chi connectivity index (χ0n) is 12.6. The molecule has 1 aliphatic rings. The molecule has 0 aromatic carbocycles. The fourth-order valence-electron chi connectivity index (χ4n) is 3.82. The highest BCUT2D eigenvalue weighted by molar-refractivity contribution is 4.92. The van der Waals surface area contributed by atoms with Gasteiger partial charge in [0.05, 0.1) is 0 Å². The Labute approximate surface area is 103 Å². The molecule has 0 heteroatoms. The molecule has 0 nitrogen and oxygen atoms in total. The van der Waals surface area contributed by atoms with Crippen molar-refractivity contribution in [2.24, 2.45) is 22.2 Å². The van der Waals surface area contributed by atoms with Crippen molar-refractivity contribution in [2.45, 2.75) is 80.6 Å². The van der Waals surface area contributed by atoms with Gasteiger partial charge in [-0.1, -0.05) is 54.9 Å². The lowest BCUT2D eigenvalue weighted by molar-refractivity contribution is 0.122. The van der Waals surface area contributed by atoms with E-state index in [0.29, 0.717) is 16.2 Å². The Balaban J connectivity index is 2.65. The van der Waals surface area contributed by atoms with Gasteiger partial charge in [0.1, 0.15) is 0 Å². The van der Waals surface area contributed by atoms with Crippen LogP contribution in [0, 0.1) is 22.2 Å². The van der Waals surface area contributed by atoms with E-state index in [0.717, 1.165) is 5.92 Å². The van der Waals surface area contributed by atoms with Crippen molar-refractivity contribution in [3.8, 4) is 0 Å². The molecule has 0 N–H and O–H groups in total. The molecule has 0 spiro atoms. The van der Waals surface area contributed by atoms with Crippen molar-refractivity contribution in [1.29, 1.82) is 0 Å². The summed E-state index contributed by atoms with van der Waals surface area (Å²) in [6.45, 7) is 17.0. The maximum absolute atomic E-state index is 2.49. The summed E-state index contributed by atoms with van der Waals surface area (Å²) in [6.07, 6.45) is 7.06. The smallest absolute Gasteiger partial charge is 0.0321 e. The van der Waals surface area contributed by atoms with Crippen molar-refractivity contribution in [2.75, 3.05) is 0 Å². The second-order valence-corrected chi connectivity index (χ2v) is 8.33. The highest BCUT2D eigenvalue weighted by atomic mass is 14.5. The molecule has 16 heavy (non-hydrogen) atoms. The van der Waals surface area contributed by atoms with Gasteiger partial charge in [-0.15, -0.1) is 0 Å². The average molecular weight is 224 g/mol. The van der Waals surface area contributed by atoms with Crippen LogP contribution in [0.25, 0.3) is 0 Å². The van der Waals surface area contributed by atoms with Crippen molar-refractivity contribution in [1.82, 2.24) is 0 Å². The largest absolute Gasteiger partial charge is 0.0649 e. The van der Waals surface area contributed by atoms with Crippen LogP contribution in [-0.2, 0) is 0 Å². The molecule has 1 rings (SSSR count). The summed E-state index contributed by atoms with van der Waals surface area (Å²) in [4.78, 5) is 0. The fraction of sp³-hybridized carbons (Fsp3) is 1.00. The van der Waals surface area contributed by atoms with Crippen molar-refractivity contribution in [3.05, 3.63) is 0 Å². The van der Waals surface area contributed by atoms with Gasteiger partial charge in [0.2, 0.25) is 0 Å². The normalized spacial score (nSPS) is 32.1. The van der Waals surface area contributed by atoms with Crippen LogP contribution in [0.5, 0.6) is 0 Å². The lowest BCUT2D eigenvalue weighted by Crippen LogP contribution is -2.28. The summed E-state index contributed by atoms with van der Waals surface area (Å²) in [5.74, 6) is 0.941. The van der Waals surface area contributed by atoms with E-state index in [2.05, 4.69) is 48.5 Å². The zero-order valence-corrected chi connectivity index (χ0v) is 12.6. The minimum atomic E-state index is 0.467. The lowest BCUT2D eigenvalue weighted by atomic mass is 9.67. The van der Waals surface area contributed by atoms with Crippen LogP contribution in [0.15, 0.2) is 0 Å². The molecule has 0 heterocycles. The molecule has 0 aliphatic heterocycles. The predicted molar refractivity (Wildman–Crippen MR) is 73.6 cm³/mol. The summed E-state index contributed by atoms with van der Waals surface area (Å²) < 4.78 is 0.